The Morgan fingerprint density at radius 3 is 1.86 bits per heavy atom. The Morgan fingerprint density at radius 2 is 1.71 bits per heavy atom. The van der Waals surface area contributed by atoms with Gasteiger partial charge in [-0.3, -0.25) is 0 Å². The van der Waals surface area contributed by atoms with Crippen LogP contribution in [0.15, 0.2) is 0 Å². The van der Waals surface area contributed by atoms with Crippen LogP contribution in [0.25, 0.3) is 0 Å². The van der Waals surface area contributed by atoms with Crippen molar-refractivity contribution in [3.05, 3.63) is 0 Å². The molecule has 0 bridgehead atoms. The molecule has 1 fully saturated rings. The third-order valence-corrected chi connectivity index (χ3v) is 3.03. The summed E-state index contributed by atoms with van der Waals surface area (Å²) in [5.74, 6) is 0. The van der Waals surface area contributed by atoms with Gasteiger partial charge < -0.3 is 10.3 Å². The monoisotopic (exact) mass is 213 g/mol. The number of hydrogen-bond acceptors (Lipinski definition) is 3. The van der Waals surface area contributed by atoms with Crippen molar-refractivity contribution in [2.45, 2.75) is 50.6 Å². The van der Waals surface area contributed by atoms with E-state index in [1.165, 1.54) is 13.8 Å². The van der Waals surface area contributed by atoms with Gasteiger partial charge >= 0.3 is 6.18 Å². The first-order valence-electron chi connectivity index (χ1n) is 4.27. The molecule has 1 aliphatic heterocycles. The van der Waals surface area contributed by atoms with Crippen LogP contribution in [-0.2, 0) is 0 Å². The molecule has 1 rings (SSSR count). The zero-order valence-electron chi connectivity index (χ0n) is 8.26. The molecular formula is C8H14F3NO2. The molecule has 1 heterocycles. The fraction of sp³-hybridized carbons (Fsp3) is 1.00. The molecule has 0 aromatic heterocycles. The molecular weight excluding hydrogens is 199 g/mol. The lowest BCUT2D eigenvalue weighted by Crippen LogP contribution is -2.56. The molecule has 1 saturated heterocycles. The van der Waals surface area contributed by atoms with Crippen LogP contribution in [0.4, 0.5) is 13.2 Å². The zero-order chi connectivity index (χ0) is 11.4. The van der Waals surface area contributed by atoms with Gasteiger partial charge in [0.2, 0.25) is 0 Å². The van der Waals surface area contributed by atoms with E-state index in [1.807, 2.05) is 0 Å². The number of rotatable bonds is 0. The Hall–Kier alpha value is -0.330. The van der Waals surface area contributed by atoms with Gasteiger partial charge in [0.15, 0.2) is 0 Å². The van der Waals surface area contributed by atoms with Gasteiger partial charge in [-0.25, -0.2) is 0 Å². The second-order valence-electron chi connectivity index (χ2n) is 4.46. The van der Waals surface area contributed by atoms with Crippen molar-refractivity contribution < 1.29 is 23.5 Å². The van der Waals surface area contributed by atoms with Crippen LogP contribution in [0.2, 0.25) is 0 Å². The highest BCUT2D eigenvalue weighted by Gasteiger charge is 2.65. The summed E-state index contributed by atoms with van der Waals surface area (Å²) in [6.07, 6.45) is -6.27. The van der Waals surface area contributed by atoms with Crippen LogP contribution in [0.1, 0.15) is 27.2 Å². The quantitative estimate of drug-likeness (QED) is 0.641. The Labute approximate surface area is 80.1 Å². The predicted octanol–water partition coefficient (Wildman–Crippen LogP) is 1.54. The standard InChI is InChI=1S/C8H14F3NO2/c1-6(2)5(13)4-7(3,12(6)14)8(9,10)11/h5,13-14H,4H2,1-3H3/t5-,7+/m0/s1. The first kappa shape index (κ1) is 11.7. The first-order chi connectivity index (χ1) is 6.03. The van der Waals surface area contributed by atoms with Crippen LogP contribution in [0.3, 0.4) is 0 Å². The molecule has 0 radical (unpaired) electrons. The lowest BCUT2D eigenvalue weighted by atomic mass is 9.96. The number of hydrogen-bond donors (Lipinski definition) is 2. The van der Waals surface area contributed by atoms with Gasteiger partial charge in [-0.05, 0) is 20.8 Å². The third-order valence-electron chi connectivity index (χ3n) is 3.03. The summed E-state index contributed by atoms with van der Waals surface area (Å²) in [6.45, 7) is 3.62. The van der Waals surface area contributed by atoms with Crippen LogP contribution < -0.4 is 0 Å². The number of alkyl halides is 3. The van der Waals surface area contributed by atoms with E-state index < -0.39 is 29.8 Å². The molecule has 0 aliphatic carbocycles. The van der Waals surface area contributed by atoms with Crippen LogP contribution in [-0.4, -0.2) is 38.7 Å². The van der Waals surface area contributed by atoms with Crippen molar-refractivity contribution in [1.82, 2.24) is 5.06 Å². The van der Waals surface area contributed by atoms with Gasteiger partial charge in [0.25, 0.3) is 0 Å². The highest BCUT2D eigenvalue weighted by molar-refractivity contribution is 5.07. The summed E-state index contributed by atoms with van der Waals surface area (Å²) < 4.78 is 37.8. The smallest absolute Gasteiger partial charge is 0.391 e. The van der Waals surface area contributed by atoms with E-state index in [1.54, 1.807) is 0 Å². The van der Waals surface area contributed by atoms with E-state index >= 15 is 0 Å². The van der Waals surface area contributed by atoms with Gasteiger partial charge in [0.1, 0.15) is 5.54 Å². The third kappa shape index (κ3) is 1.32. The van der Waals surface area contributed by atoms with E-state index in [-0.39, 0.29) is 5.06 Å². The maximum absolute atomic E-state index is 12.6. The first-order valence-corrected chi connectivity index (χ1v) is 4.27. The number of aliphatic hydroxyl groups is 1. The number of halogens is 3. The average molecular weight is 213 g/mol. The van der Waals surface area contributed by atoms with Crippen molar-refractivity contribution in [3.8, 4) is 0 Å². The summed E-state index contributed by atoms with van der Waals surface area (Å²) in [5.41, 5.74) is -3.64. The Balaban J connectivity index is 3.08. The van der Waals surface area contributed by atoms with Crippen LogP contribution >= 0.6 is 0 Å². The van der Waals surface area contributed by atoms with Crippen molar-refractivity contribution in [3.63, 3.8) is 0 Å². The normalized spacial score (nSPS) is 39.0. The minimum atomic E-state index is -4.56. The van der Waals surface area contributed by atoms with Crippen molar-refractivity contribution >= 4 is 0 Å². The molecule has 1 aliphatic rings. The second-order valence-corrected chi connectivity index (χ2v) is 4.46. The van der Waals surface area contributed by atoms with E-state index in [4.69, 9.17) is 0 Å². The summed E-state index contributed by atoms with van der Waals surface area (Å²) in [7, 11) is 0. The minimum absolute atomic E-state index is 0.213. The number of hydroxylamine groups is 2. The van der Waals surface area contributed by atoms with Gasteiger partial charge in [0, 0.05) is 6.42 Å². The Bertz CT molecular complexity index is 241. The summed E-state index contributed by atoms with van der Waals surface area (Å²) >= 11 is 0. The molecule has 3 nitrogen and oxygen atoms in total. The van der Waals surface area contributed by atoms with Crippen LogP contribution in [0, 0.1) is 0 Å². The van der Waals surface area contributed by atoms with E-state index in [0.29, 0.717) is 0 Å². The molecule has 0 saturated carbocycles. The minimum Gasteiger partial charge on any atom is -0.391 e. The summed E-state index contributed by atoms with van der Waals surface area (Å²) in [6, 6.07) is 0. The SMILES string of the molecule is CC1(C)[C@@H](O)C[C@](C)(C(F)(F)F)N1O. The molecule has 0 amide bonds. The van der Waals surface area contributed by atoms with Gasteiger partial charge in [0.05, 0.1) is 11.6 Å². The van der Waals surface area contributed by atoms with E-state index in [0.717, 1.165) is 6.92 Å². The van der Waals surface area contributed by atoms with E-state index in [2.05, 4.69) is 0 Å². The highest BCUT2D eigenvalue weighted by Crippen LogP contribution is 2.48. The topological polar surface area (TPSA) is 43.7 Å². The lowest BCUT2D eigenvalue weighted by molar-refractivity contribution is -0.304. The maximum Gasteiger partial charge on any atom is 0.408 e. The highest BCUT2D eigenvalue weighted by atomic mass is 19.4. The van der Waals surface area contributed by atoms with Gasteiger partial charge in [-0.1, -0.05) is 0 Å². The second kappa shape index (κ2) is 2.84. The van der Waals surface area contributed by atoms with Crippen LogP contribution in [0.5, 0.6) is 0 Å². The summed E-state index contributed by atoms with van der Waals surface area (Å²) in [4.78, 5) is 0. The maximum atomic E-state index is 12.6. The molecule has 2 atom stereocenters. The van der Waals surface area contributed by atoms with Gasteiger partial charge in [-0.2, -0.15) is 18.2 Å². The van der Waals surface area contributed by atoms with Crippen molar-refractivity contribution in [1.29, 1.82) is 0 Å². The fourth-order valence-corrected chi connectivity index (χ4v) is 1.73. The predicted molar refractivity (Wildman–Crippen MR) is 42.8 cm³/mol. The molecule has 0 aromatic carbocycles. The van der Waals surface area contributed by atoms with Crippen molar-refractivity contribution in [2.24, 2.45) is 0 Å². The molecule has 14 heavy (non-hydrogen) atoms. The average Bonchev–Trinajstić information content (AvgIpc) is 2.12. The lowest BCUT2D eigenvalue weighted by Gasteiger charge is -2.37. The summed E-state index contributed by atoms with van der Waals surface area (Å²) in [5, 5.41) is 19.1. The fourth-order valence-electron chi connectivity index (χ4n) is 1.73. The Kier molecular flexibility index (Phi) is 2.38. The largest absolute Gasteiger partial charge is 0.408 e. The molecule has 2 N–H and O–H groups in total. The molecule has 0 spiro atoms. The molecule has 0 aromatic rings. The molecule has 84 valence electrons. The van der Waals surface area contributed by atoms with Gasteiger partial charge in [-0.15, -0.1) is 0 Å². The molecule has 6 heteroatoms. The number of nitrogens with zero attached hydrogens (tertiary/aromatic N) is 1. The molecule has 0 unspecified atom stereocenters. The Morgan fingerprint density at radius 1 is 1.29 bits per heavy atom. The van der Waals surface area contributed by atoms with E-state index in [9.17, 15) is 23.5 Å². The van der Waals surface area contributed by atoms with Crippen molar-refractivity contribution in [2.75, 3.05) is 0 Å². The number of aliphatic hydroxyl groups excluding tert-OH is 1. The zero-order valence-corrected chi connectivity index (χ0v) is 8.26.